The van der Waals surface area contributed by atoms with Crippen molar-refractivity contribution in [1.82, 2.24) is 5.32 Å². The number of nitrogens with one attached hydrogen (secondary N) is 1. The van der Waals surface area contributed by atoms with Crippen LogP contribution in [-0.2, 0) is 16.1 Å². The first-order chi connectivity index (χ1) is 11.1. The number of carbonyl (C=O) groups is 2. The summed E-state index contributed by atoms with van der Waals surface area (Å²) < 4.78 is 6.42. The van der Waals surface area contributed by atoms with E-state index in [0.717, 1.165) is 14.4 Å². The molecular formula is C16H15BrN2O3S. The smallest absolute Gasteiger partial charge is 0.265 e. The van der Waals surface area contributed by atoms with Gasteiger partial charge in [-0.2, -0.15) is 0 Å². The molecule has 120 valence electrons. The lowest BCUT2D eigenvalue weighted by atomic mass is 10.2. The lowest BCUT2D eigenvalue weighted by Crippen LogP contribution is -2.41. The number of anilines is 1. The molecule has 0 atom stereocenters. The third-order valence-corrected chi connectivity index (χ3v) is 5.08. The molecule has 0 bridgehead atoms. The number of halogens is 1. The van der Waals surface area contributed by atoms with Crippen molar-refractivity contribution < 1.29 is 14.3 Å². The summed E-state index contributed by atoms with van der Waals surface area (Å²) in [6.07, 6.45) is 0.257. The zero-order valence-electron chi connectivity index (χ0n) is 12.3. The van der Waals surface area contributed by atoms with Crippen LogP contribution in [-0.4, -0.2) is 25.0 Å². The Morgan fingerprint density at radius 3 is 2.91 bits per heavy atom. The van der Waals surface area contributed by atoms with Gasteiger partial charge in [0.2, 0.25) is 5.91 Å². The summed E-state index contributed by atoms with van der Waals surface area (Å²) in [4.78, 5) is 26.7. The van der Waals surface area contributed by atoms with E-state index in [4.69, 9.17) is 4.74 Å². The minimum absolute atomic E-state index is 0.0157. The van der Waals surface area contributed by atoms with Crippen molar-refractivity contribution in [2.24, 2.45) is 0 Å². The molecule has 0 radical (unpaired) electrons. The summed E-state index contributed by atoms with van der Waals surface area (Å²) >= 11 is 4.98. The number of amides is 2. The Bertz CT molecular complexity index is 732. The molecule has 1 aromatic heterocycles. The van der Waals surface area contributed by atoms with Gasteiger partial charge in [0.25, 0.3) is 5.91 Å². The van der Waals surface area contributed by atoms with Crippen LogP contribution in [0.3, 0.4) is 0 Å². The van der Waals surface area contributed by atoms with Crippen molar-refractivity contribution in [3.63, 3.8) is 0 Å². The van der Waals surface area contributed by atoms with Crippen molar-refractivity contribution in [2.45, 2.75) is 13.0 Å². The van der Waals surface area contributed by atoms with Gasteiger partial charge in [0.05, 0.1) is 16.0 Å². The third-order valence-electron chi connectivity index (χ3n) is 3.46. The molecular weight excluding hydrogens is 380 g/mol. The van der Waals surface area contributed by atoms with E-state index in [1.165, 1.54) is 0 Å². The maximum absolute atomic E-state index is 12.0. The molecule has 2 heterocycles. The monoisotopic (exact) mass is 394 g/mol. The molecule has 2 amide bonds. The Hall–Kier alpha value is -1.86. The number of fused-ring (bicyclic) bond motifs is 1. The zero-order valence-corrected chi connectivity index (χ0v) is 14.7. The minimum Gasteiger partial charge on any atom is -0.482 e. The second-order valence-electron chi connectivity index (χ2n) is 5.03. The van der Waals surface area contributed by atoms with Crippen molar-refractivity contribution in [3.8, 4) is 5.75 Å². The Balaban J connectivity index is 1.55. The summed E-state index contributed by atoms with van der Waals surface area (Å²) in [5.74, 6) is 0.473. The van der Waals surface area contributed by atoms with E-state index < -0.39 is 0 Å². The van der Waals surface area contributed by atoms with Gasteiger partial charge in [0.1, 0.15) is 5.75 Å². The highest BCUT2D eigenvalue weighted by Gasteiger charge is 2.25. The van der Waals surface area contributed by atoms with Gasteiger partial charge in [-0.15, -0.1) is 11.3 Å². The lowest BCUT2D eigenvalue weighted by Gasteiger charge is -2.29. The SMILES string of the molecule is O=C(CCN1C(=O)COc2ccccc21)NCc1ccc(Br)s1. The topological polar surface area (TPSA) is 58.6 Å². The number of thiophene rings is 1. The number of nitrogens with zero attached hydrogens (tertiary/aromatic N) is 1. The fraction of sp³-hybridized carbons (Fsp3) is 0.250. The first-order valence-corrected chi connectivity index (χ1v) is 8.77. The summed E-state index contributed by atoms with van der Waals surface area (Å²) in [7, 11) is 0. The average molecular weight is 395 g/mol. The van der Waals surface area contributed by atoms with E-state index in [1.54, 1.807) is 16.2 Å². The Kier molecular flexibility index (Phi) is 4.97. The van der Waals surface area contributed by atoms with E-state index in [9.17, 15) is 9.59 Å². The summed E-state index contributed by atoms with van der Waals surface area (Å²) in [5, 5.41) is 2.87. The molecule has 1 aliphatic rings. The maximum atomic E-state index is 12.0. The van der Waals surface area contributed by atoms with Crippen LogP contribution in [0.15, 0.2) is 40.2 Å². The predicted octanol–water partition coefficient (Wildman–Crippen LogP) is 2.94. The first kappa shape index (κ1) is 16.0. The van der Waals surface area contributed by atoms with Crippen molar-refractivity contribution in [2.75, 3.05) is 18.1 Å². The molecule has 0 aliphatic carbocycles. The van der Waals surface area contributed by atoms with E-state index in [0.29, 0.717) is 18.8 Å². The number of hydrogen-bond acceptors (Lipinski definition) is 4. The van der Waals surface area contributed by atoms with Crippen LogP contribution in [0.5, 0.6) is 5.75 Å². The molecule has 0 saturated heterocycles. The molecule has 2 aromatic rings. The molecule has 0 spiro atoms. The predicted molar refractivity (Wildman–Crippen MR) is 92.8 cm³/mol. The van der Waals surface area contributed by atoms with Crippen LogP contribution in [0, 0.1) is 0 Å². The molecule has 0 fully saturated rings. The maximum Gasteiger partial charge on any atom is 0.265 e. The molecule has 3 rings (SSSR count). The largest absolute Gasteiger partial charge is 0.482 e. The molecule has 0 unspecified atom stereocenters. The van der Waals surface area contributed by atoms with Crippen LogP contribution in [0.4, 0.5) is 5.69 Å². The van der Waals surface area contributed by atoms with Gasteiger partial charge in [-0.25, -0.2) is 0 Å². The van der Waals surface area contributed by atoms with Crippen LogP contribution < -0.4 is 15.0 Å². The Morgan fingerprint density at radius 2 is 2.13 bits per heavy atom. The number of carbonyl (C=O) groups excluding carboxylic acids is 2. The van der Waals surface area contributed by atoms with Gasteiger partial charge in [-0.3, -0.25) is 9.59 Å². The van der Waals surface area contributed by atoms with E-state index >= 15 is 0 Å². The Labute approximate surface area is 146 Å². The molecule has 7 heteroatoms. The van der Waals surface area contributed by atoms with Crippen molar-refractivity contribution in [1.29, 1.82) is 0 Å². The van der Waals surface area contributed by atoms with Gasteiger partial charge >= 0.3 is 0 Å². The van der Waals surface area contributed by atoms with Gasteiger partial charge in [0.15, 0.2) is 6.61 Å². The van der Waals surface area contributed by atoms with E-state index in [2.05, 4.69) is 21.2 Å². The van der Waals surface area contributed by atoms with E-state index in [-0.39, 0.29) is 24.8 Å². The zero-order chi connectivity index (χ0) is 16.2. The van der Waals surface area contributed by atoms with Gasteiger partial charge in [-0.1, -0.05) is 12.1 Å². The number of para-hydroxylation sites is 2. The number of benzene rings is 1. The molecule has 23 heavy (non-hydrogen) atoms. The number of hydrogen-bond donors (Lipinski definition) is 1. The lowest BCUT2D eigenvalue weighted by molar-refractivity contribution is -0.122. The van der Waals surface area contributed by atoms with Crippen molar-refractivity contribution in [3.05, 3.63) is 45.1 Å². The summed E-state index contributed by atoms with van der Waals surface area (Å²) in [6, 6.07) is 11.3. The highest BCUT2D eigenvalue weighted by Crippen LogP contribution is 2.31. The highest BCUT2D eigenvalue weighted by molar-refractivity contribution is 9.11. The summed E-state index contributed by atoms with van der Waals surface area (Å²) in [5.41, 5.74) is 0.721. The van der Waals surface area contributed by atoms with Crippen LogP contribution in [0.1, 0.15) is 11.3 Å². The minimum atomic E-state index is -0.126. The second kappa shape index (κ2) is 7.14. The van der Waals surface area contributed by atoms with Gasteiger partial charge in [0, 0.05) is 17.8 Å². The molecule has 1 aliphatic heterocycles. The second-order valence-corrected chi connectivity index (χ2v) is 7.58. The van der Waals surface area contributed by atoms with Gasteiger partial charge < -0.3 is 15.0 Å². The number of ether oxygens (including phenoxy) is 1. The number of rotatable bonds is 5. The standard InChI is InChI=1S/C16H15BrN2O3S/c17-14-6-5-11(23-14)9-18-15(20)7-8-19-12-3-1-2-4-13(12)22-10-16(19)21/h1-6H,7-10H2,(H,18,20). The molecule has 5 nitrogen and oxygen atoms in total. The Morgan fingerprint density at radius 1 is 1.30 bits per heavy atom. The highest BCUT2D eigenvalue weighted by atomic mass is 79.9. The fourth-order valence-electron chi connectivity index (χ4n) is 2.33. The van der Waals surface area contributed by atoms with E-state index in [1.807, 2.05) is 36.4 Å². The van der Waals surface area contributed by atoms with Crippen LogP contribution in [0.25, 0.3) is 0 Å². The van der Waals surface area contributed by atoms with Crippen LogP contribution >= 0.6 is 27.3 Å². The normalized spacial score (nSPS) is 13.4. The van der Waals surface area contributed by atoms with Gasteiger partial charge in [-0.05, 0) is 40.2 Å². The van der Waals surface area contributed by atoms with Crippen LogP contribution in [0.2, 0.25) is 0 Å². The molecule has 1 aromatic carbocycles. The average Bonchev–Trinajstić information content (AvgIpc) is 2.97. The third kappa shape index (κ3) is 3.92. The van der Waals surface area contributed by atoms with Crippen molar-refractivity contribution >= 4 is 44.8 Å². The fourth-order valence-corrected chi connectivity index (χ4v) is 3.76. The molecule has 0 saturated carbocycles. The quantitative estimate of drug-likeness (QED) is 0.847. The summed E-state index contributed by atoms with van der Waals surface area (Å²) in [6.45, 7) is 0.865. The molecule has 1 N–H and O–H groups in total. The first-order valence-electron chi connectivity index (χ1n) is 7.16.